The predicted molar refractivity (Wildman–Crippen MR) is 117 cm³/mol. The first-order valence-corrected chi connectivity index (χ1v) is 10.6. The Hall–Kier alpha value is -3.30. The molecule has 0 aromatic carbocycles. The average molecular weight is 446 g/mol. The number of nitrogens with zero attached hydrogens (tertiary/aromatic N) is 5. The maximum atomic E-state index is 13.4. The highest BCUT2D eigenvalue weighted by Crippen LogP contribution is 2.38. The topological polar surface area (TPSA) is 124 Å². The van der Waals surface area contributed by atoms with Gasteiger partial charge in [0.15, 0.2) is 0 Å². The zero-order chi connectivity index (χ0) is 23.9. The lowest BCUT2D eigenvalue weighted by Crippen LogP contribution is -2.58. The number of piperidine rings is 1. The predicted octanol–water partition coefficient (Wildman–Crippen LogP) is 2.04. The van der Waals surface area contributed by atoms with Gasteiger partial charge < -0.3 is 14.9 Å². The summed E-state index contributed by atoms with van der Waals surface area (Å²) >= 11 is 0. The van der Waals surface area contributed by atoms with Gasteiger partial charge in [-0.15, -0.1) is 0 Å². The molecule has 174 valence electrons. The van der Waals surface area contributed by atoms with E-state index in [4.69, 9.17) is 9.90 Å². The Morgan fingerprint density at radius 2 is 1.84 bits per heavy atom. The third-order valence-electron chi connectivity index (χ3n) is 5.56. The monoisotopic (exact) mass is 445 g/mol. The number of hydrogen-bond donors (Lipinski definition) is 1. The smallest absolute Gasteiger partial charge is 0.327 e. The second kappa shape index (κ2) is 10.8. The third kappa shape index (κ3) is 5.30. The van der Waals surface area contributed by atoms with Crippen LogP contribution < -0.4 is 0 Å². The van der Waals surface area contributed by atoms with Gasteiger partial charge in [0.2, 0.25) is 0 Å². The standard InChI is InChI=1S/C21H29N5O3.CH2O2/c1-15(2)6-10-25-19(28)21(26(20(25)29)14-16(3)4)7-11-24(12-8-21)18(27)17-5-9-22-23-13-17;2-1-3/h5-6,9,13,16H,7-8,10-12,14H2,1-4H3;1H,(H,2,3). The zero-order valence-corrected chi connectivity index (χ0v) is 19.0. The number of likely N-dealkylation sites (tertiary alicyclic amines) is 1. The van der Waals surface area contributed by atoms with Crippen molar-refractivity contribution in [3.63, 3.8) is 0 Å². The van der Waals surface area contributed by atoms with Crippen molar-refractivity contribution in [2.45, 2.75) is 46.1 Å². The fraction of sp³-hybridized carbons (Fsp3) is 0.545. The number of amides is 4. The molecule has 0 saturated carbocycles. The van der Waals surface area contributed by atoms with Crippen LogP contribution in [0, 0.1) is 5.92 Å². The molecule has 2 aliphatic rings. The number of carbonyl (C=O) groups excluding carboxylic acids is 3. The molecule has 4 amide bonds. The molecular formula is C22H31N5O5. The molecular weight excluding hydrogens is 414 g/mol. The minimum atomic E-state index is -0.857. The molecule has 1 N–H and O–H groups in total. The third-order valence-corrected chi connectivity index (χ3v) is 5.56. The molecule has 3 heterocycles. The Morgan fingerprint density at radius 3 is 2.34 bits per heavy atom. The number of hydrogen-bond acceptors (Lipinski definition) is 6. The van der Waals surface area contributed by atoms with Gasteiger partial charge in [-0.3, -0.25) is 19.3 Å². The summed E-state index contributed by atoms with van der Waals surface area (Å²) in [6, 6.07) is 1.41. The maximum absolute atomic E-state index is 13.4. The summed E-state index contributed by atoms with van der Waals surface area (Å²) in [5.41, 5.74) is 0.687. The van der Waals surface area contributed by atoms with E-state index in [-0.39, 0.29) is 30.2 Å². The summed E-state index contributed by atoms with van der Waals surface area (Å²) in [4.78, 5) is 52.4. The van der Waals surface area contributed by atoms with Gasteiger partial charge >= 0.3 is 6.03 Å². The van der Waals surface area contributed by atoms with Crippen LogP contribution in [0.15, 0.2) is 30.1 Å². The fourth-order valence-electron chi connectivity index (χ4n) is 4.00. The Balaban J connectivity index is 0.00000114. The Bertz CT molecular complexity index is 859. The first kappa shape index (κ1) is 25.0. The molecule has 2 saturated heterocycles. The Kier molecular flexibility index (Phi) is 8.45. The van der Waals surface area contributed by atoms with Crippen LogP contribution in [0.5, 0.6) is 0 Å². The first-order valence-electron chi connectivity index (χ1n) is 10.6. The summed E-state index contributed by atoms with van der Waals surface area (Å²) in [5, 5.41) is 14.4. The number of urea groups is 1. The second-order valence-corrected chi connectivity index (χ2v) is 8.54. The minimum absolute atomic E-state index is 0.122. The van der Waals surface area contributed by atoms with E-state index in [2.05, 4.69) is 10.2 Å². The molecule has 1 aromatic rings. The van der Waals surface area contributed by atoms with E-state index in [1.807, 2.05) is 33.8 Å². The van der Waals surface area contributed by atoms with E-state index in [1.165, 1.54) is 17.3 Å². The van der Waals surface area contributed by atoms with Crippen LogP contribution in [-0.2, 0) is 9.59 Å². The number of aromatic nitrogens is 2. The molecule has 32 heavy (non-hydrogen) atoms. The van der Waals surface area contributed by atoms with Gasteiger partial charge in [-0.1, -0.05) is 25.5 Å². The van der Waals surface area contributed by atoms with E-state index in [0.717, 1.165) is 5.57 Å². The molecule has 0 unspecified atom stereocenters. The molecule has 0 atom stereocenters. The lowest BCUT2D eigenvalue weighted by atomic mass is 9.85. The lowest BCUT2D eigenvalue weighted by molar-refractivity contribution is -0.135. The number of carboxylic acid groups (broad SMARTS) is 1. The Morgan fingerprint density at radius 1 is 1.22 bits per heavy atom. The van der Waals surface area contributed by atoms with Crippen LogP contribution in [-0.4, -0.2) is 86.0 Å². The molecule has 10 heteroatoms. The molecule has 3 rings (SSSR count). The van der Waals surface area contributed by atoms with E-state index < -0.39 is 5.54 Å². The lowest BCUT2D eigenvalue weighted by Gasteiger charge is -2.42. The highest BCUT2D eigenvalue weighted by atomic mass is 16.3. The maximum Gasteiger partial charge on any atom is 0.327 e. The van der Waals surface area contributed by atoms with E-state index in [1.54, 1.807) is 15.9 Å². The first-order chi connectivity index (χ1) is 15.2. The molecule has 0 aliphatic carbocycles. The summed E-state index contributed by atoms with van der Waals surface area (Å²) in [6.45, 7) is 9.39. The average Bonchev–Trinajstić information content (AvgIpc) is 2.94. The van der Waals surface area contributed by atoms with Crippen LogP contribution in [0.1, 0.15) is 50.9 Å². The highest BCUT2D eigenvalue weighted by molar-refractivity contribution is 6.07. The van der Waals surface area contributed by atoms with E-state index in [0.29, 0.717) is 44.6 Å². The minimum Gasteiger partial charge on any atom is -0.483 e. The largest absolute Gasteiger partial charge is 0.483 e. The molecule has 1 spiro atoms. The summed E-state index contributed by atoms with van der Waals surface area (Å²) in [6.07, 6.45) is 5.73. The fourth-order valence-corrected chi connectivity index (χ4v) is 4.00. The van der Waals surface area contributed by atoms with E-state index >= 15 is 0 Å². The van der Waals surface area contributed by atoms with Crippen molar-refractivity contribution >= 4 is 24.3 Å². The molecule has 2 fully saturated rings. The van der Waals surface area contributed by atoms with Crippen molar-refractivity contribution in [1.29, 1.82) is 0 Å². The van der Waals surface area contributed by atoms with Crippen molar-refractivity contribution < 1.29 is 24.3 Å². The molecule has 2 aliphatic heterocycles. The van der Waals surface area contributed by atoms with Crippen molar-refractivity contribution in [3.8, 4) is 0 Å². The SMILES string of the molecule is CC(C)=CCN1C(=O)N(CC(C)C)C2(CCN(C(=O)c3ccnnc3)CC2)C1=O.O=CO. The normalized spacial score (nSPS) is 17.3. The Labute approximate surface area is 187 Å². The van der Waals surface area contributed by atoms with Gasteiger partial charge in [0, 0.05) is 26.2 Å². The second-order valence-electron chi connectivity index (χ2n) is 8.54. The quantitative estimate of drug-likeness (QED) is 0.418. The van der Waals surface area contributed by atoms with Gasteiger partial charge in [-0.2, -0.15) is 10.2 Å². The van der Waals surface area contributed by atoms with Crippen LogP contribution in [0.3, 0.4) is 0 Å². The summed E-state index contributed by atoms with van der Waals surface area (Å²) in [5.74, 6) is -0.0174. The van der Waals surface area contributed by atoms with Gasteiger partial charge in [-0.25, -0.2) is 4.79 Å². The number of imide groups is 1. The molecule has 1 aromatic heterocycles. The number of rotatable bonds is 5. The van der Waals surface area contributed by atoms with Gasteiger partial charge in [0.1, 0.15) is 5.54 Å². The highest BCUT2D eigenvalue weighted by Gasteiger charge is 2.57. The number of allylic oxidation sites excluding steroid dienone is 1. The van der Waals surface area contributed by atoms with Gasteiger partial charge in [0.05, 0.1) is 18.0 Å². The van der Waals surface area contributed by atoms with Crippen molar-refractivity contribution in [1.82, 2.24) is 24.9 Å². The van der Waals surface area contributed by atoms with Crippen LogP contribution >= 0.6 is 0 Å². The molecule has 0 bridgehead atoms. The summed E-state index contributed by atoms with van der Waals surface area (Å²) < 4.78 is 0. The summed E-state index contributed by atoms with van der Waals surface area (Å²) in [7, 11) is 0. The van der Waals surface area contributed by atoms with Crippen molar-refractivity contribution in [2.24, 2.45) is 5.92 Å². The molecule has 10 nitrogen and oxygen atoms in total. The van der Waals surface area contributed by atoms with Crippen LogP contribution in [0.2, 0.25) is 0 Å². The van der Waals surface area contributed by atoms with E-state index in [9.17, 15) is 14.4 Å². The number of carbonyl (C=O) groups is 4. The van der Waals surface area contributed by atoms with Gasteiger partial charge in [-0.05, 0) is 38.7 Å². The van der Waals surface area contributed by atoms with Gasteiger partial charge in [0.25, 0.3) is 18.3 Å². The van der Waals surface area contributed by atoms with Crippen LogP contribution in [0.25, 0.3) is 0 Å². The van der Waals surface area contributed by atoms with Crippen molar-refractivity contribution in [2.75, 3.05) is 26.2 Å². The van der Waals surface area contributed by atoms with Crippen molar-refractivity contribution in [3.05, 3.63) is 35.7 Å². The van der Waals surface area contributed by atoms with Crippen LogP contribution in [0.4, 0.5) is 4.79 Å². The molecule has 0 radical (unpaired) electrons. The zero-order valence-electron chi connectivity index (χ0n) is 19.0.